The Bertz CT molecular complexity index is 612. The van der Waals surface area contributed by atoms with E-state index in [9.17, 15) is 8.42 Å². The van der Waals surface area contributed by atoms with Crippen LogP contribution in [0.4, 0.5) is 5.69 Å². The normalized spacial score (nSPS) is 25.5. The minimum Gasteiger partial charge on any atom is -0.309 e. The van der Waals surface area contributed by atoms with Crippen molar-refractivity contribution in [3.8, 4) is 0 Å². The fraction of sp³-hybridized carbons (Fsp3) is 0.625. The van der Waals surface area contributed by atoms with Crippen molar-refractivity contribution in [3.05, 3.63) is 29.8 Å². The molecule has 0 bridgehead atoms. The van der Waals surface area contributed by atoms with Crippen LogP contribution in [0.3, 0.4) is 0 Å². The molecule has 2 aliphatic rings. The predicted molar refractivity (Wildman–Crippen MR) is 94.1 cm³/mol. The molecule has 4 nitrogen and oxygen atoms in total. The number of nitrogens with one attached hydrogen (secondary N) is 1. The third kappa shape index (κ3) is 3.60. The van der Waals surface area contributed by atoms with Crippen molar-refractivity contribution < 1.29 is 8.42 Å². The summed E-state index contributed by atoms with van der Waals surface area (Å²) in [5, 5.41) is 4.32. The average Bonchev–Trinajstić information content (AvgIpc) is 3.13. The predicted octanol–water partition coefficient (Wildman–Crippen LogP) is 2.77. The smallest absolute Gasteiger partial charge is 0.235 e. The molecule has 0 aliphatic carbocycles. The van der Waals surface area contributed by atoms with Crippen LogP contribution in [0.5, 0.6) is 0 Å². The minimum atomic E-state index is -3.10. The maximum absolute atomic E-state index is 12.1. The Morgan fingerprint density at radius 2 is 2.27 bits per heavy atom. The van der Waals surface area contributed by atoms with Gasteiger partial charge in [0, 0.05) is 24.4 Å². The van der Waals surface area contributed by atoms with Crippen LogP contribution in [-0.4, -0.2) is 38.3 Å². The highest BCUT2D eigenvalue weighted by atomic mass is 32.2. The van der Waals surface area contributed by atoms with E-state index in [0.717, 1.165) is 29.5 Å². The van der Waals surface area contributed by atoms with Gasteiger partial charge in [-0.2, -0.15) is 11.8 Å². The summed E-state index contributed by atoms with van der Waals surface area (Å²) in [5.41, 5.74) is 1.96. The molecule has 1 aromatic rings. The first-order valence-electron chi connectivity index (χ1n) is 8.01. The van der Waals surface area contributed by atoms with Gasteiger partial charge in [-0.25, -0.2) is 8.42 Å². The summed E-state index contributed by atoms with van der Waals surface area (Å²) in [5.74, 6) is 1.55. The summed E-state index contributed by atoms with van der Waals surface area (Å²) < 4.78 is 25.7. The zero-order valence-corrected chi connectivity index (χ0v) is 14.6. The van der Waals surface area contributed by atoms with Gasteiger partial charge in [0.2, 0.25) is 10.0 Å². The Morgan fingerprint density at radius 1 is 1.41 bits per heavy atom. The maximum atomic E-state index is 12.1. The number of hydrogen-bond donors (Lipinski definition) is 1. The topological polar surface area (TPSA) is 49.4 Å². The number of sulfonamides is 1. The Balaban J connectivity index is 1.67. The summed E-state index contributed by atoms with van der Waals surface area (Å²) in [6.07, 6.45) is 3.35. The van der Waals surface area contributed by atoms with E-state index in [-0.39, 0.29) is 11.8 Å². The van der Waals surface area contributed by atoms with Crippen LogP contribution in [0.15, 0.2) is 24.3 Å². The second kappa shape index (κ2) is 6.81. The van der Waals surface area contributed by atoms with E-state index >= 15 is 0 Å². The highest BCUT2D eigenvalue weighted by Gasteiger charge is 2.28. The maximum Gasteiger partial charge on any atom is 0.235 e. The average molecular weight is 341 g/mol. The van der Waals surface area contributed by atoms with Gasteiger partial charge in [0.25, 0.3) is 0 Å². The molecular formula is C16H24N2O2S2. The van der Waals surface area contributed by atoms with E-state index in [4.69, 9.17) is 0 Å². The van der Waals surface area contributed by atoms with Gasteiger partial charge < -0.3 is 5.32 Å². The number of hydrogen-bond acceptors (Lipinski definition) is 4. The zero-order valence-electron chi connectivity index (χ0n) is 13.0. The number of benzene rings is 1. The molecule has 3 rings (SSSR count). The van der Waals surface area contributed by atoms with Gasteiger partial charge in [0.05, 0.1) is 11.4 Å². The second-order valence-electron chi connectivity index (χ2n) is 6.10. The molecule has 0 amide bonds. The summed E-state index contributed by atoms with van der Waals surface area (Å²) in [6.45, 7) is 3.78. The molecule has 2 atom stereocenters. The van der Waals surface area contributed by atoms with Crippen molar-refractivity contribution in [1.82, 2.24) is 5.32 Å². The molecule has 1 N–H and O–H groups in total. The zero-order chi connectivity index (χ0) is 15.6. The van der Waals surface area contributed by atoms with Crippen molar-refractivity contribution in [3.63, 3.8) is 0 Å². The van der Waals surface area contributed by atoms with Crippen molar-refractivity contribution in [1.29, 1.82) is 0 Å². The molecule has 2 fully saturated rings. The van der Waals surface area contributed by atoms with Gasteiger partial charge in [0.15, 0.2) is 0 Å². The lowest BCUT2D eigenvalue weighted by Gasteiger charge is -2.21. The first kappa shape index (κ1) is 16.1. The van der Waals surface area contributed by atoms with Gasteiger partial charge in [0.1, 0.15) is 0 Å². The van der Waals surface area contributed by atoms with Crippen molar-refractivity contribution in [2.75, 3.05) is 28.9 Å². The van der Waals surface area contributed by atoms with E-state index < -0.39 is 10.0 Å². The van der Waals surface area contributed by atoms with Crippen LogP contribution >= 0.6 is 11.8 Å². The van der Waals surface area contributed by atoms with Crippen LogP contribution in [0.1, 0.15) is 37.8 Å². The second-order valence-corrected chi connectivity index (χ2v) is 9.52. The van der Waals surface area contributed by atoms with Gasteiger partial charge in [-0.1, -0.05) is 12.1 Å². The summed E-state index contributed by atoms with van der Waals surface area (Å²) in [6, 6.07) is 8.19. The van der Waals surface area contributed by atoms with Gasteiger partial charge in [-0.3, -0.25) is 4.31 Å². The van der Waals surface area contributed by atoms with Crippen LogP contribution in [0.2, 0.25) is 0 Å². The molecule has 0 unspecified atom stereocenters. The van der Waals surface area contributed by atoms with Crippen LogP contribution in [-0.2, 0) is 10.0 Å². The molecule has 0 radical (unpaired) electrons. The molecule has 2 heterocycles. The van der Waals surface area contributed by atoms with Gasteiger partial charge in [-0.15, -0.1) is 0 Å². The van der Waals surface area contributed by atoms with Crippen molar-refractivity contribution in [2.45, 2.75) is 37.5 Å². The molecule has 122 valence electrons. The molecular weight excluding hydrogens is 316 g/mol. The van der Waals surface area contributed by atoms with E-state index in [0.29, 0.717) is 6.54 Å². The standard InChI is InChI=1S/C16H24N2O2S2/c1-13(17-12-16-7-3-9-21-16)14-5-2-6-15(11-14)18-8-4-10-22(18,19)20/h2,5-6,11,13,16-17H,3-4,7-10,12H2,1H3/t13-,16+/m1/s1. The van der Waals surface area contributed by atoms with Gasteiger partial charge in [-0.05, 0) is 49.6 Å². The summed E-state index contributed by atoms with van der Waals surface area (Å²) in [7, 11) is -3.10. The Kier molecular flexibility index (Phi) is 5.00. The van der Waals surface area contributed by atoms with Crippen molar-refractivity contribution in [2.24, 2.45) is 0 Å². The molecule has 2 saturated heterocycles. The van der Waals surface area contributed by atoms with Gasteiger partial charge >= 0.3 is 0 Å². The third-order valence-electron chi connectivity index (χ3n) is 4.43. The number of anilines is 1. The SMILES string of the molecule is C[C@@H](NC[C@@H]1CCCS1)c1cccc(N2CCCS2(=O)=O)c1. The minimum absolute atomic E-state index is 0.242. The lowest BCUT2D eigenvalue weighted by molar-refractivity contribution is 0.559. The molecule has 1 aromatic carbocycles. The van der Waals surface area contributed by atoms with E-state index in [1.165, 1.54) is 18.6 Å². The molecule has 2 aliphatic heterocycles. The summed E-state index contributed by atoms with van der Waals surface area (Å²) >= 11 is 2.05. The quantitative estimate of drug-likeness (QED) is 0.895. The first-order valence-corrected chi connectivity index (χ1v) is 10.7. The van der Waals surface area contributed by atoms with Crippen LogP contribution < -0.4 is 9.62 Å². The van der Waals surface area contributed by atoms with E-state index in [1.54, 1.807) is 4.31 Å². The fourth-order valence-electron chi connectivity index (χ4n) is 3.11. The Morgan fingerprint density at radius 3 is 2.95 bits per heavy atom. The van der Waals surface area contributed by atoms with E-state index in [1.807, 2.05) is 18.2 Å². The number of nitrogens with zero attached hydrogens (tertiary/aromatic N) is 1. The Labute approximate surface area is 137 Å². The monoisotopic (exact) mass is 340 g/mol. The Hall–Kier alpha value is -0.720. The molecule has 0 aromatic heterocycles. The lowest BCUT2D eigenvalue weighted by Crippen LogP contribution is -2.27. The molecule has 22 heavy (non-hydrogen) atoms. The highest BCUT2D eigenvalue weighted by Crippen LogP contribution is 2.28. The number of rotatable bonds is 5. The lowest BCUT2D eigenvalue weighted by atomic mass is 10.1. The highest BCUT2D eigenvalue weighted by molar-refractivity contribution is 8.00. The molecule has 6 heteroatoms. The molecule has 0 spiro atoms. The molecule has 0 saturated carbocycles. The van der Waals surface area contributed by atoms with Crippen molar-refractivity contribution >= 4 is 27.5 Å². The largest absolute Gasteiger partial charge is 0.309 e. The van der Waals surface area contributed by atoms with Crippen LogP contribution in [0, 0.1) is 0 Å². The van der Waals surface area contributed by atoms with E-state index in [2.05, 4.69) is 30.1 Å². The van der Waals surface area contributed by atoms with Crippen LogP contribution in [0.25, 0.3) is 0 Å². The summed E-state index contributed by atoms with van der Waals surface area (Å²) in [4.78, 5) is 0. The third-order valence-corrected chi connectivity index (χ3v) is 7.70. The number of thioether (sulfide) groups is 1. The first-order chi connectivity index (χ1) is 10.6. The fourth-order valence-corrected chi connectivity index (χ4v) is 5.88.